The molecule has 3 aliphatic heterocycles. The summed E-state index contributed by atoms with van der Waals surface area (Å²) in [6.45, 7) is 1.96. The molecule has 1 unspecified atom stereocenters. The van der Waals surface area contributed by atoms with Gasteiger partial charge in [0.05, 0.1) is 10.6 Å². The second-order valence-electron chi connectivity index (χ2n) is 3.45. The van der Waals surface area contributed by atoms with Crippen LogP contribution in [0.4, 0.5) is 22.7 Å². The predicted octanol–water partition coefficient (Wildman–Crippen LogP) is 2.65. The molecule has 0 aromatic rings. The van der Waals surface area contributed by atoms with Crippen LogP contribution in [0.2, 0.25) is 0 Å². The molecule has 3 heterocycles. The molecule has 3 rings (SSSR count). The van der Waals surface area contributed by atoms with Gasteiger partial charge in [-0.3, -0.25) is 15.0 Å². The number of nitro groups is 1. The van der Waals surface area contributed by atoms with Crippen LogP contribution in [-0.2, 0) is 0 Å². The zero-order valence-corrected chi connectivity index (χ0v) is 8.83. The Hall–Kier alpha value is -1.14. The largest absolute Gasteiger partial charge is 0.317 e. The van der Waals surface area contributed by atoms with Crippen LogP contribution in [-0.4, -0.2) is 4.92 Å². The number of nitrogens with zero attached hydrogens (tertiary/aromatic N) is 2. The van der Waals surface area contributed by atoms with Crippen LogP contribution in [0, 0.1) is 10.1 Å². The van der Waals surface area contributed by atoms with Crippen molar-refractivity contribution in [2.75, 3.05) is 4.90 Å². The zero-order valence-electron chi connectivity index (χ0n) is 7.24. The van der Waals surface area contributed by atoms with Crippen LogP contribution in [0.15, 0.2) is 6.07 Å². The SMILES string of the molecule is CC(NBr)c1c2cc3c([N+](=O)[O-])c1N23. The quantitative estimate of drug-likeness (QED) is 0.444. The third kappa shape index (κ3) is 0.632. The van der Waals surface area contributed by atoms with Gasteiger partial charge in [-0.25, -0.2) is 4.34 Å². The van der Waals surface area contributed by atoms with E-state index < -0.39 is 0 Å². The van der Waals surface area contributed by atoms with E-state index in [1.165, 1.54) is 0 Å². The molecule has 0 aromatic heterocycles. The molecule has 1 atom stereocenters. The van der Waals surface area contributed by atoms with Gasteiger partial charge in [-0.1, -0.05) is 0 Å². The molecule has 0 fully saturated rings. The van der Waals surface area contributed by atoms with Gasteiger partial charge < -0.3 is 0 Å². The highest BCUT2D eigenvalue weighted by atomic mass is 79.9. The van der Waals surface area contributed by atoms with Crippen molar-refractivity contribution < 1.29 is 4.92 Å². The second kappa shape index (κ2) is 2.26. The summed E-state index contributed by atoms with van der Waals surface area (Å²) in [5, 5.41) is 10.7. The molecule has 72 valence electrons. The number of hydrogen-bond donors (Lipinski definition) is 1. The first kappa shape index (κ1) is 8.19. The highest BCUT2D eigenvalue weighted by Crippen LogP contribution is 2.70. The van der Waals surface area contributed by atoms with Crippen LogP contribution in [0.5, 0.6) is 0 Å². The minimum atomic E-state index is -0.311. The molecule has 0 spiro atoms. The molecule has 3 aliphatic rings. The molecule has 0 saturated carbocycles. The lowest BCUT2D eigenvalue weighted by atomic mass is 9.83. The first-order valence-corrected chi connectivity index (χ1v) is 4.97. The Kier molecular flexibility index (Phi) is 1.32. The first-order chi connectivity index (χ1) is 6.66. The molecule has 0 bridgehead atoms. The van der Waals surface area contributed by atoms with Crippen molar-refractivity contribution in [2.45, 2.75) is 13.0 Å². The maximum Gasteiger partial charge on any atom is 0.317 e. The van der Waals surface area contributed by atoms with Crippen molar-refractivity contribution in [3.05, 3.63) is 21.7 Å². The fraction of sp³-hybridized carbons (Fsp3) is 0.250. The second-order valence-corrected chi connectivity index (χ2v) is 3.91. The predicted molar refractivity (Wildman–Crippen MR) is 55.4 cm³/mol. The summed E-state index contributed by atoms with van der Waals surface area (Å²) in [6.07, 6.45) is 0. The number of anilines is 3. The molecule has 5 nitrogen and oxygen atoms in total. The van der Waals surface area contributed by atoms with Gasteiger partial charge in [0, 0.05) is 27.8 Å². The standard InChI is InChI=1S/C8H6BrN3O2/c1-3(10-9)6-4-2-5-7(12(13)14)8(6)11(4)5/h2-3,10H,1H3. The van der Waals surface area contributed by atoms with E-state index in [2.05, 4.69) is 20.5 Å². The van der Waals surface area contributed by atoms with E-state index in [0.29, 0.717) is 0 Å². The maximum absolute atomic E-state index is 10.7. The fourth-order valence-corrected chi connectivity index (χ4v) is 2.32. The lowest BCUT2D eigenvalue weighted by Gasteiger charge is -2.49. The van der Waals surface area contributed by atoms with Crippen LogP contribution in [0.3, 0.4) is 0 Å². The van der Waals surface area contributed by atoms with E-state index in [1.54, 1.807) is 0 Å². The molecule has 0 aliphatic carbocycles. The summed E-state index contributed by atoms with van der Waals surface area (Å²) < 4.78 is 2.91. The topological polar surface area (TPSA) is 58.4 Å². The van der Waals surface area contributed by atoms with Gasteiger partial charge >= 0.3 is 5.69 Å². The summed E-state index contributed by atoms with van der Waals surface area (Å²) in [5.41, 5.74) is 3.95. The molecule has 0 aromatic carbocycles. The van der Waals surface area contributed by atoms with Gasteiger partial charge in [0.15, 0.2) is 0 Å². The molecule has 0 saturated heterocycles. The number of hydrogen-bond acceptors (Lipinski definition) is 4. The van der Waals surface area contributed by atoms with Crippen LogP contribution >= 0.6 is 16.1 Å². The van der Waals surface area contributed by atoms with Crippen molar-refractivity contribution in [1.29, 1.82) is 0 Å². The minimum Gasteiger partial charge on any atom is -0.297 e. The van der Waals surface area contributed by atoms with Crippen molar-refractivity contribution in [2.24, 2.45) is 0 Å². The van der Waals surface area contributed by atoms with Crippen LogP contribution in [0.25, 0.3) is 0 Å². The molecule has 6 heteroatoms. The fourth-order valence-electron chi connectivity index (χ4n) is 2.09. The van der Waals surface area contributed by atoms with Gasteiger partial charge in [0.1, 0.15) is 11.4 Å². The van der Waals surface area contributed by atoms with E-state index in [9.17, 15) is 10.1 Å². The lowest BCUT2D eigenvalue weighted by Crippen LogP contribution is -2.37. The van der Waals surface area contributed by atoms with Gasteiger partial charge in [0.25, 0.3) is 0 Å². The third-order valence-electron chi connectivity index (χ3n) is 2.76. The first-order valence-electron chi connectivity index (χ1n) is 4.18. The Morgan fingerprint density at radius 3 is 2.86 bits per heavy atom. The molecule has 0 amide bonds. The third-order valence-corrected chi connectivity index (χ3v) is 3.44. The highest BCUT2D eigenvalue weighted by Gasteiger charge is 2.53. The number of benzene rings is 1. The van der Waals surface area contributed by atoms with Crippen molar-refractivity contribution in [3.8, 4) is 0 Å². The van der Waals surface area contributed by atoms with Gasteiger partial charge in [-0.05, 0) is 13.0 Å². The van der Waals surface area contributed by atoms with Crippen molar-refractivity contribution in [3.63, 3.8) is 0 Å². The number of nitro benzene ring substituents is 1. The Bertz CT molecular complexity index is 474. The van der Waals surface area contributed by atoms with E-state index in [4.69, 9.17) is 0 Å². The minimum absolute atomic E-state index is 0.101. The number of rotatable bonds is 3. The molecule has 0 radical (unpaired) electrons. The Labute approximate surface area is 88.2 Å². The zero-order chi connectivity index (χ0) is 10.0. The van der Waals surface area contributed by atoms with E-state index in [0.717, 1.165) is 22.6 Å². The van der Waals surface area contributed by atoms with Crippen molar-refractivity contribution >= 4 is 38.9 Å². The van der Waals surface area contributed by atoms with E-state index in [-0.39, 0.29) is 16.7 Å². The van der Waals surface area contributed by atoms with Gasteiger partial charge in [-0.15, -0.1) is 0 Å². The van der Waals surface area contributed by atoms with Crippen molar-refractivity contribution in [1.82, 2.24) is 4.34 Å². The highest BCUT2D eigenvalue weighted by molar-refractivity contribution is 9.08. The molecule has 1 N–H and O–H groups in total. The summed E-state index contributed by atoms with van der Waals surface area (Å²) in [7, 11) is 0. The molecular formula is C8H6BrN3O2. The Morgan fingerprint density at radius 2 is 2.36 bits per heavy atom. The molecular weight excluding hydrogens is 250 g/mol. The summed E-state index contributed by atoms with van der Waals surface area (Å²) in [5.74, 6) is 0. The number of halogens is 1. The van der Waals surface area contributed by atoms with Gasteiger partial charge in [-0.2, -0.15) is 0 Å². The monoisotopic (exact) mass is 255 g/mol. The van der Waals surface area contributed by atoms with E-state index >= 15 is 0 Å². The normalized spacial score (nSPS) is 16.3. The molecule has 14 heavy (non-hydrogen) atoms. The average molecular weight is 256 g/mol. The summed E-state index contributed by atoms with van der Waals surface area (Å²) >= 11 is 3.15. The average Bonchev–Trinajstić information content (AvgIpc) is 2.14. The maximum atomic E-state index is 10.7. The van der Waals surface area contributed by atoms with E-state index in [1.807, 2.05) is 17.9 Å². The summed E-state index contributed by atoms with van der Waals surface area (Å²) in [4.78, 5) is 12.3. The van der Waals surface area contributed by atoms with Gasteiger partial charge in [0.2, 0.25) is 0 Å². The number of nitrogens with one attached hydrogen (secondary N) is 1. The lowest BCUT2D eigenvalue weighted by molar-refractivity contribution is -0.385. The summed E-state index contributed by atoms with van der Waals surface area (Å²) in [6, 6.07) is 1.96. The Morgan fingerprint density at radius 1 is 1.64 bits per heavy atom. The Balaban J connectivity index is 2.12. The smallest absolute Gasteiger partial charge is 0.297 e. The van der Waals surface area contributed by atoms with Crippen LogP contribution < -0.4 is 9.24 Å². The van der Waals surface area contributed by atoms with Crippen LogP contribution in [0.1, 0.15) is 18.5 Å².